The van der Waals surface area contributed by atoms with Gasteiger partial charge in [0.1, 0.15) is 0 Å². The maximum Gasteiger partial charge on any atom is 0.303 e. The predicted octanol–water partition coefficient (Wildman–Crippen LogP) is 3.43. The van der Waals surface area contributed by atoms with Crippen LogP contribution in [0.1, 0.15) is 31.2 Å². The number of aliphatic carboxylic acids is 1. The van der Waals surface area contributed by atoms with E-state index in [1.165, 1.54) is 5.56 Å². The molecule has 1 aromatic carbocycles. The zero-order valence-electron chi connectivity index (χ0n) is 9.43. The highest BCUT2D eigenvalue weighted by Crippen LogP contribution is 2.03. The van der Waals surface area contributed by atoms with Crippen molar-refractivity contribution < 1.29 is 9.90 Å². The third-order valence-electron chi connectivity index (χ3n) is 2.37. The number of carboxylic acids is 1. The first kappa shape index (κ1) is 12.5. The van der Waals surface area contributed by atoms with E-state index in [4.69, 9.17) is 5.11 Å². The lowest BCUT2D eigenvalue weighted by Gasteiger charge is -1.95. The molecule has 0 unspecified atom stereocenters. The van der Waals surface area contributed by atoms with Crippen molar-refractivity contribution in [3.63, 3.8) is 0 Å². The number of unbranched alkanes of at least 4 members (excludes halogenated alkanes) is 2. The molecule has 0 bridgehead atoms. The maximum atomic E-state index is 10.3. The first-order valence-electron chi connectivity index (χ1n) is 5.70. The summed E-state index contributed by atoms with van der Waals surface area (Å²) in [6.45, 7) is 0. The van der Waals surface area contributed by atoms with Gasteiger partial charge in [-0.05, 0) is 31.2 Å². The number of hydrogen-bond donors (Lipinski definition) is 1. The quantitative estimate of drug-likeness (QED) is 0.562. The molecule has 0 spiro atoms. The highest BCUT2D eigenvalue weighted by molar-refractivity contribution is 5.66. The molecule has 1 N–H and O–H groups in total. The van der Waals surface area contributed by atoms with Crippen molar-refractivity contribution in [2.24, 2.45) is 0 Å². The lowest BCUT2D eigenvalue weighted by molar-refractivity contribution is -0.137. The van der Waals surface area contributed by atoms with Crippen LogP contribution in [0.25, 0.3) is 0 Å². The van der Waals surface area contributed by atoms with Crippen LogP contribution >= 0.6 is 0 Å². The van der Waals surface area contributed by atoms with Crippen molar-refractivity contribution in [2.45, 2.75) is 32.1 Å². The fourth-order valence-electron chi connectivity index (χ4n) is 1.49. The van der Waals surface area contributed by atoms with Gasteiger partial charge in [0.05, 0.1) is 0 Å². The van der Waals surface area contributed by atoms with Crippen LogP contribution < -0.4 is 0 Å². The third kappa shape index (κ3) is 6.02. The van der Waals surface area contributed by atoms with Gasteiger partial charge in [-0.1, -0.05) is 42.5 Å². The van der Waals surface area contributed by atoms with Gasteiger partial charge in [0.15, 0.2) is 0 Å². The van der Waals surface area contributed by atoms with E-state index in [1.54, 1.807) is 0 Å². The minimum Gasteiger partial charge on any atom is -0.481 e. The van der Waals surface area contributed by atoms with Gasteiger partial charge in [-0.3, -0.25) is 4.79 Å². The van der Waals surface area contributed by atoms with Gasteiger partial charge in [-0.25, -0.2) is 0 Å². The molecule has 0 atom stereocenters. The topological polar surface area (TPSA) is 37.3 Å². The molecule has 0 saturated carbocycles. The lowest BCUT2D eigenvalue weighted by Crippen LogP contribution is -1.92. The summed E-state index contributed by atoms with van der Waals surface area (Å²) in [5.41, 5.74) is 1.31. The first-order chi connectivity index (χ1) is 7.79. The number of benzene rings is 1. The number of carboxylic acid groups (broad SMARTS) is 1. The van der Waals surface area contributed by atoms with Crippen molar-refractivity contribution in [1.29, 1.82) is 0 Å². The Labute approximate surface area is 96.6 Å². The Kier molecular flexibility index (Phi) is 6.00. The average molecular weight is 218 g/mol. The fourth-order valence-corrected chi connectivity index (χ4v) is 1.49. The van der Waals surface area contributed by atoms with E-state index in [9.17, 15) is 4.79 Å². The van der Waals surface area contributed by atoms with Crippen LogP contribution in [0, 0.1) is 0 Å². The van der Waals surface area contributed by atoms with Crippen molar-refractivity contribution >= 4 is 5.97 Å². The van der Waals surface area contributed by atoms with Gasteiger partial charge in [0.2, 0.25) is 0 Å². The van der Waals surface area contributed by atoms with Crippen LogP contribution in [0.5, 0.6) is 0 Å². The van der Waals surface area contributed by atoms with E-state index in [-0.39, 0.29) is 6.42 Å². The highest BCUT2D eigenvalue weighted by atomic mass is 16.4. The Hall–Kier alpha value is -1.57. The van der Waals surface area contributed by atoms with E-state index in [1.807, 2.05) is 18.2 Å². The molecule has 0 aliphatic heterocycles. The van der Waals surface area contributed by atoms with E-state index in [0.717, 1.165) is 25.7 Å². The summed E-state index contributed by atoms with van der Waals surface area (Å²) in [5, 5.41) is 8.45. The standard InChI is InChI=1S/C14H18O2/c15-14(16)12-8-3-1-2-5-9-13-10-6-4-7-11-13/h2,4-7,10-11H,1,3,8-9,12H2,(H,15,16)/b5-2+. The van der Waals surface area contributed by atoms with Crippen molar-refractivity contribution in [3.8, 4) is 0 Å². The molecule has 0 saturated heterocycles. The van der Waals surface area contributed by atoms with E-state index in [2.05, 4.69) is 24.3 Å². The summed E-state index contributed by atoms with van der Waals surface area (Å²) in [4.78, 5) is 10.3. The van der Waals surface area contributed by atoms with Gasteiger partial charge in [0, 0.05) is 6.42 Å². The summed E-state index contributed by atoms with van der Waals surface area (Å²) in [7, 11) is 0. The Morgan fingerprint density at radius 3 is 2.56 bits per heavy atom. The van der Waals surface area contributed by atoms with Crippen molar-refractivity contribution in [2.75, 3.05) is 0 Å². The second kappa shape index (κ2) is 7.69. The minimum absolute atomic E-state index is 0.284. The van der Waals surface area contributed by atoms with Crippen LogP contribution in [-0.2, 0) is 11.2 Å². The molecule has 0 radical (unpaired) electrons. The van der Waals surface area contributed by atoms with Crippen LogP contribution in [-0.4, -0.2) is 11.1 Å². The van der Waals surface area contributed by atoms with Crippen LogP contribution in [0.2, 0.25) is 0 Å². The third-order valence-corrected chi connectivity index (χ3v) is 2.37. The monoisotopic (exact) mass is 218 g/mol. The van der Waals surface area contributed by atoms with E-state index >= 15 is 0 Å². The van der Waals surface area contributed by atoms with E-state index in [0.29, 0.717) is 0 Å². The summed E-state index contributed by atoms with van der Waals surface area (Å²) < 4.78 is 0. The zero-order valence-corrected chi connectivity index (χ0v) is 9.43. The average Bonchev–Trinajstić information content (AvgIpc) is 2.29. The molecule has 1 rings (SSSR count). The summed E-state index contributed by atoms with van der Waals surface area (Å²) in [5.74, 6) is -0.701. The molecule has 0 fully saturated rings. The SMILES string of the molecule is O=C(O)CCCC/C=C/Cc1ccccc1. The highest BCUT2D eigenvalue weighted by Gasteiger charge is 1.94. The predicted molar refractivity (Wildman–Crippen MR) is 65.4 cm³/mol. The van der Waals surface area contributed by atoms with Gasteiger partial charge < -0.3 is 5.11 Å². The molecule has 16 heavy (non-hydrogen) atoms. The number of rotatable bonds is 7. The molecule has 0 aliphatic carbocycles. The van der Waals surface area contributed by atoms with Crippen LogP contribution in [0.3, 0.4) is 0 Å². The normalized spacial score (nSPS) is 10.8. The van der Waals surface area contributed by atoms with Crippen molar-refractivity contribution in [1.82, 2.24) is 0 Å². The molecule has 0 heterocycles. The van der Waals surface area contributed by atoms with Crippen LogP contribution in [0.15, 0.2) is 42.5 Å². The van der Waals surface area contributed by atoms with Crippen molar-refractivity contribution in [3.05, 3.63) is 48.0 Å². The molecule has 0 aromatic heterocycles. The molecule has 2 heteroatoms. The maximum absolute atomic E-state index is 10.3. The molecular weight excluding hydrogens is 200 g/mol. The second-order valence-electron chi connectivity index (χ2n) is 3.80. The Morgan fingerprint density at radius 1 is 1.12 bits per heavy atom. The Bertz CT molecular complexity index is 328. The molecule has 2 nitrogen and oxygen atoms in total. The van der Waals surface area contributed by atoms with Crippen LogP contribution in [0.4, 0.5) is 0 Å². The van der Waals surface area contributed by atoms with Gasteiger partial charge in [-0.15, -0.1) is 0 Å². The van der Waals surface area contributed by atoms with Gasteiger partial charge in [-0.2, -0.15) is 0 Å². The smallest absolute Gasteiger partial charge is 0.303 e. The fraction of sp³-hybridized carbons (Fsp3) is 0.357. The summed E-state index contributed by atoms with van der Waals surface area (Å²) in [6, 6.07) is 10.3. The summed E-state index contributed by atoms with van der Waals surface area (Å²) >= 11 is 0. The zero-order chi connectivity index (χ0) is 11.6. The molecule has 0 aliphatic rings. The first-order valence-corrected chi connectivity index (χ1v) is 5.70. The molecule has 0 amide bonds. The lowest BCUT2D eigenvalue weighted by atomic mass is 10.1. The number of carbonyl (C=O) groups is 1. The minimum atomic E-state index is -0.701. The molecule has 1 aromatic rings. The number of hydrogen-bond acceptors (Lipinski definition) is 1. The number of allylic oxidation sites excluding steroid dienone is 2. The van der Waals surface area contributed by atoms with Gasteiger partial charge >= 0.3 is 5.97 Å². The van der Waals surface area contributed by atoms with E-state index < -0.39 is 5.97 Å². The molecular formula is C14H18O2. The Morgan fingerprint density at radius 2 is 1.88 bits per heavy atom. The Balaban J connectivity index is 2.07. The largest absolute Gasteiger partial charge is 0.481 e. The summed E-state index contributed by atoms with van der Waals surface area (Å²) in [6.07, 6.45) is 8.22. The molecule has 86 valence electrons. The van der Waals surface area contributed by atoms with Gasteiger partial charge in [0.25, 0.3) is 0 Å². The second-order valence-corrected chi connectivity index (χ2v) is 3.80.